The van der Waals surface area contributed by atoms with Gasteiger partial charge in [-0.05, 0) is 31.6 Å². The first-order valence-electron chi connectivity index (χ1n) is 12.8. The van der Waals surface area contributed by atoms with Crippen LogP contribution in [0.3, 0.4) is 0 Å². The smallest absolute Gasteiger partial charge is 0.320 e. The van der Waals surface area contributed by atoms with E-state index in [0.717, 1.165) is 50.6 Å². The number of carbonyl (C=O) groups is 4. The van der Waals surface area contributed by atoms with Gasteiger partial charge in [-0.3, -0.25) is 19.2 Å². The molecule has 9 heteroatoms. The molecule has 0 aromatic heterocycles. The lowest BCUT2D eigenvalue weighted by atomic mass is 9.84. The van der Waals surface area contributed by atoms with E-state index in [4.69, 9.17) is 4.74 Å². The van der Waals surface area contributed by atoms with Crippen molar-refractivity contribution in [2.24, 2.45) is 17.8 Å². The van der Waals surface area contributed by atoms with Crippen LogP contribution in [0.5, 0.6) is 0 Å². The summed E-state index contributed by atoms with van der Waals surface area (Å²) in [5, 5.41) is 15.5. The minimum absolute atomic E-state index is 0.0512. The van der Waals surface area contributed by atoms with Crippen molar-refractivity contribution in [3.05, 3.63) is 29.8 Å². The van der Waals surface area contributed by atoms with Crippen LogP contribution in [0.1, 0.15) is 63.9 Å². The zero-order valence-corrected chi connectivity index (χ0v) is 21.4. The van der Waals surface area contributed by atoms with Gasteiger partial charge in [-0.2, -0.15) is 0 Å². The Labute approximate surface area is 212 Å². The predicted octanol–water partition coefficient (Wildman–Crippen LogP) is 2.60. The van der Waals surface area contributed by atoms with E-state index in [-0.39, 0.29) is 24.2 Å². The van der Waals surface area contributed by atoms with E-state index < -0.39 is 35.7 Å². The Balaban J connectivity index is 1.90. The second-order valence-corrected chi connectivity index (χ2v) is 10.1. The molecular formula is C27H38N3O6+. The van der Waals surface area contributed by atoms with E-state index in [1.807, 2.05) is 32.0 Å². The quantitative estimate of drug-likeness (QED) is 0.300. The molecule has 2 aliphatic heterocycles. The van der Waals surface area contributed by atoms with Crippen LogP contribution in [0.15, 0.2) is 24.3 Å². The van der Waals surface area contributed by atoms with E-state index >= 15 is 0 Å². The largest absolute Gasteiger partial charge is 0.481 e. The van der Waals surface area contributed by atoms with Crippen molar-refractivity contribution in [2.75, 3.05) is 20.2 Å². The molecule has 0 saturated carbocycles. The molecule has 1 aromatic carbocycles. The molecule has 0 saturated heterocycles. The lowest BCUT2D eigenvalue weighted by Crippen LogP contribution is -2.51. The van der Waals surface area contributed by atoms with Gasteiger partial charge >= 0.3 is 11.9 Å². The third-order valence-electron chi connectivity index (χ3n) is 6.94. The Hall–Kier alpha value is -3.23. The van der Waals surface area contributed by atoms with E-state index in [9.17, 15) is 24.3 Å². The molecule has 2 aliphatic rings. The highest BCUT2D eigenvalue weighted by atomic mass is 16.5. The fourth-order valence-corrected chi connectivity index (χ4v) is 5.15. The summed E-state index contributed by atoms with van der Waals surface area (Å²) in [5.41, 5.74) is 2.21. The Morgan fingerprint density at radius 2 is 1.89 bits per heavy atom. The summed E-state index contributed by atoms with van der Waals surface area (Å²) in [7, 11) is 1.10. The van der Waals surface area contributed by atoms with Crippen molar-refractivity contribution >= 4 is 35.7 Å². The zero-order valence-electron chi connectivity index (χ0n) is 21.4. The molecule has 2 heterocycles. The molecule has 2 bridgehead atoms. The number of hydrogen-bond donors (Lipinski definition) is 3. The van der Waals surface area contributed by atoms with Crippen molar-refractivity contribution in [1.29, 1.82) is 0 Å². The highest BCUT2D eigenvalue weighted by Crippen LogP contribution is 2.35. The van der Waals surface area contributed by atoms with E-state index in [0.29, 0.717) is 13.0 Å². The van der Waals surface area contributed by atoms with Crippen LogP contribution in [0.25, 0.3) is 0 Å². The molecule has 196 valence electrons. The SMILES string of the molecule is COC(=O)C(C(=O)O)[C@@H](CC(C)C)C(=O)N[C@H]1CC2C=[N+](CCCCCCNC1=O)c1ccccc12. The van der Waals surface area contributed by atoms with Crippen molar-refractivity contribution < 1.29 is 33.6 Å². The van der Waals surface area contributed by atoms with Gasteiger partial charge in [-0.15, -0.1) is 0 Å². The first-order chi connectivity index (χ1) is 17.2. The van der Waals surface area contributed by atoms with E-state index in [1.54, 1.807) is 0 Å². The van der Waals surface area contributed by atoms with Gasteiger partial charge in [0.15, 0.2) is 12.1 Å². The number of carboxylic acids is 1. The van der Waals surface area contributed by atoms with Crippen LogP contribution < -0.4 is 10.6 Å². The number of nitrogens with one attached hydrogen (secondary N) is 2. The lowest BCUT2D eigenvalue weighted by Gasteiger charge is -2.26. The fraction of sp³-hybridized carbons (Fsp3) is 0.593. The number of carboxylic acid groups (broad SMARTS) is 1. The summed E-state index contributed by atoms with van der Waals surface area (Å²) < 4.78 is 6.92. The fourth-order valence-electron chi connectivity index (χ4n) is 5.15. The van der Waals surface area contributed by atoms with E-state index in [2.05, 4.69) is 27.5 Å². The molecule has 0 fully saturated rings. The Kier molecular flexibility index (Phi) is 9.61. The maximum atomic E-state index is 13.5. The number of para-hydroxylation sites is 1. The predicted molar refractivity (Wildman–Crippen MR) is 134 cm³/mol. The molecule has 36 heavy (non-hydrogen) atoms. The summed E-state index contributed by atoms with van der Waals surface area (Å²) in [4.78, 5) is 50.9. The summed E-state index contributed by atoms with van der Waals surface area (Å²) >= 11 is 0. The van der Waals surface area contributed by atoms with Gasteiger partial charge in [-0.1, -0.05) is 38.5 Å². The van der Waals surface area contributed by atoms with Gasteiger partial charge in [0.25, 0.3) is 0 Å². The summed E-state index contributed by atoms with van der Waals surface area (Å²) in [5.74, 6) is -6.28. The minimum Gasteiger partial charge on any atom is -0.481 e. The number of methoxy groups -OCH3 is 1. The van der Waals surface area contributed by atoms with Gasteiger partial charge in [0.05, 0.1) is 18.9 Å². The number of fused-ring (bicyclic) bond motifs is 4. The van der Waals surface area contributed by atoms with Crippen LogP contribution >= 0.6 is 0 Å². The standard InChI is InChI=1S/C27H37N3O6/c1-17(2)14-20(23(26(33)34)27(35)36-3)24(31)29-21-15-18-16-30(22-11-7-6-10-19(18)22)13-9-5-4-8-12-28-25(21)32/h6-7,10-11,16-18,20-21,23H,4-5,8-9,12-15H2,1-3H3,(H2-,28,29,31,32,33,34)/p+1/t18?,20-,21+,23?/m1/s1. The number of aliphatic carboxylic acids is 1. The van der Waals surface area contributed by atoms with Gasteiger partial charge in [0.1, 0.15) is 12.6 Å². The topological polar surface area (TPSA) is 125 Å². The summed E-state index contributed by atoms with van der Waals surface area (Å²) in [6.45, 7) is 5.10. The normalized spacial score (nSPS) is 22.0. The Morgan fingerprint density at radius 1 is 1.17 bits per heavy atom. The molecule has 0 spiro atoms. The van der Waals surface area contributed by atoms with Crippen LogP contribution in [-0.2, 0) is 23.9 Å². The number of esters is 1. The highest BCUT2D eigenvalue weighted by Gasteiger charge is 2.42. The van der Waals surface area contributed by atoms with Gasteiger partial charge in [-0.25, -0.2) is 4.58 Å². The molecule has 3 rings (SSSR count). The van der Waals surface area contributed by atoms with Crippen LogP contribution in [0.2, 0.25) is 0 Å². The molecule has 4 atom stereocenters. The number of rotatable bonds is 7. The number of ether oxygens (including phenoxy) is 1. The Morgan fingerprint density at radius 3 is 2.58 bits per heavy atom. The zero-order chi connectivity index (χ0) is 26.2. The van der Waals surface area contributed by atoms with Crippen molar-refractivity contribution in [3.63, 3.8) is 0 Å². The second-order valence-electron chi connectivity index (χ2n) is 10.1. The second kappa shape index (κ2) is 12.6. The monoisotopic (exact) mass is 500 g/mol. The highest BCUT2D eigenvalue weighted by molar-refractivity contribution is 6.00. The minimum atomic E-state index is -1.65. The first-order valence-corrected chi connectivity index (χ1v) is 12.8. The molecule has 1 aromatic rings. The van der Waals surface area contributed by atoms with Gasteiger partial charge < -0.3 is 20.5 Å². The van der Waals surface area contributed by atoms with Crippen LogP contribution in [-0.4, -0.2) is 65.9 Å². The summed E-state index contributed by atoms with van der Waals surface area (Å²) in [6, 6.07) is 7.18. The number of hydrogen-bond acceptors (Lipinski definition) is 5. The summed E-state index contributed by atoms with van der Waals surface area (Å²) in [6.07, 6.45) is 6.56. The molecular weight excluding hydrogens is 462 g/mol. The third-order valence-corrected chi connectivity index (χ3v) is 6.94. The Bertz CT molecular complexity index is 1000. The van der Waals surface area contributed by atoms with Crippen LogP contribution in [0, 0.1) is 17.8 Å². The molecule has 9 nitrogen and oxygen atoms in total. The average molecular weight is 501 g/mol. The number of benzene rings is 1. The maximum absolute atomic E-state index is 13.5. The van der Waals surface area contributed by atoms with Crippen molar-refractivity contribution in [3.8, 4) is 0 Å². The van der Waals surface area contributed by atoms with Gasteiger partial charge in [0.2, 0.25) is 17.5 Å². The first kappa shape index (κ1) is 27.4. The number of amides is 2. The number of carbonyl (C=O) groups excluding carboxylic acids is 3. The van der Waals surface area contributed by atoms with Crippen molar-refractivity contribution in [2.45, 2.75) is 64.3 Å². The van der Waals surface area contributed by atoms with Crippen molar-refractivity contribution in [1.82, 2.24) is 10.6 Å². The average Bonchev–Trinajstić information content (AvgIpc) is 3.19. The maximum Gasteiger partial charge on any atom is 0.320 e. The van der Waals surface area contributed by atoms with Crippen LogP contribution in [0.4, 0.5) is 5.69 Å². The van der Waals surface area contributed by atoms with Gasteiger partial charge in [0, 0.05) is 24.6 Å². The molecule has 3 N–H and O–H groups in total. The third kappa shape index (κ3) is 6.71. The lowest BCUT2D eigenvalue weighted by molar-refractivity contribution is -0.433. The molecule has 0 radical (unpaired) electrons. The molecule has 0 aliphatic carbocycles. The molecule has 2 unspecified atom stereocenters. The van der Waals surface area contributed by atoms with E-state index in [1.165, 1.54) is 0 Å². The number of nitrogens with zero attached hydrogens (tertiary/aromatic N) is 1. The molecule has 2 amide bonds.